The van der Waals surface area contributed by atoms with Gasteiger partial charge in [0.25, 0.3) is 0 Å². The molecule has 0 radical (unpaired) electrons. The fraction of sp³-hybridized carbons (Fsp3) is 0.333. The predicted octanol–water partition coefficient (Wildman–Crippen LogP) is 3.34. The number of hydrogen-bond acceptors (Lipinski definition) is 7. The molecule has 0 spiro atoms. The SMILES string of the molecule is COC(=O)c1ccc2c(c1)oc1ccc(S(=O)(=O)N3CCSC(C)(C)[C@@H]3C(=O)O)cc12. The van der Waals surface area contributed by atoms with E-state index in [1.54, 1.807) is 38.1 Å². The zero-order chi connectivity index (χ0) is 22.6. The number of hydrogen-bond donors (Lipinski definition) is 1. The smallest absolute Gasteiger partial charge is 0.337 e. The number of ether oxygens (including phenoxy) is 1. The second kappa shape index (κ2) is 7.54. The number of carbonyl (C=O) groups is 2. The summed E-state index contributed by atoms with van der Waals surface area (Å²) >= 11 is 1.44. The summed E-state index contributed by atoms with van der Waals surface area (Å²) in [6.07, 6.45) is 0. The molecular formula is C21H21NO7S2. The number of aliphatic carboxylic acids is 1. The summed E-state index contributed by atoms with van der Waals surface area (Å²) in [5.41, 5.74) is 1.20. The summed E-state index contributed by atoms with van der Waals surface area (Å²) in [5.74, 6) is -1.18. The number of carboxylic acids is 1. The van der Waals surface area contributed by atoms with Gasteiger partial charge in [0.1, 0.15) is 17.2 Å². The van der Waals surface area contributed by atoms with Crippen molar-refractivity contribution >= 4 is 55.7 Å². The maximum Gasteiger partial charge on any atom is 0.337 e. The molecule has 3 aromatic rings. The lowest BCUT2D eigenvalue weighted by atomic mass is 10.0. The molecular weight excluding hydrogens is 442 g/mol. The first-order valence-electron chi connectivity index (χ1n) is 9.49. The minimum Gasteiger partial charge on any atom is -0.480 e. The van der Waals surface area contributed by atoms with Gasteiger partial charge in [-0.25, -0.2) is 13.2 Å². The second-order valence-electron chi connectivity index (χ2n) is 7.77. The van der Waals surface area contributed by atoms with E-state index in [4.69, 9.17) is 9.15 Å². The van der Waals surface area contributed by atoms with Crippen LogP contribution in [0.2, 0.25) is 0 Å². The lowest BCUT2D eigenvalue weighted by Gasteiger charge is -2.42. The summed E-state index contributed by atoms with van der Waals surface area (Å²) in [5, 5.41) is 11.0. The number of thioether (sulfide) groups is 1. The number of carbonyl (C=O) groups excluding carboxylic acids is 1. The Labute approximate surface area is 183 Å². The number of sulfonamides is 1. The number of carboxylic acid groups (broad SMARTS) is 1. The van der Waals surface area contributed by atoms with Crippen molar-refractivity contribution in [3.8, 4) is 0 Å². The molecule has 8 nitrogen and oxygen atoms in total. The Morgan fingerprint density at radius 1 is 1.16 bits per heavy atom. The van der Waals surface area contributed by atoms with Gasteiger partial charge in [-0.3, -0.25) is 4.79 Å². The van der Waals surface area contributed by atoms with Crippen molar-refractivity contribution in [2.75, 3.05) is 19.4 Å². The zero-order valence-corrected chi connectivity index (χ0v) is 18.7. The Hall–Kier alpha value is -2.56. The van der Waals surface area contributed by atoms with E-state index in [0.29, 0.717) is 33.3 Å². The fourth-order valence-electron chi connectivity index (χ4n) is 3.93. The van der Waals surface area contributed by atoms with E-state index in [2.05, 4.69) is 0 Å². The first kappa shape index (κ1) is 21.7. The molecule has 1 atom stereocenters. The third-order valence-electron chi connectivity index (χ3n) is 5.44. The van der Waals surface area contributed by atoms with Crippen LogP contribution in [0, 0.1) is 0 Å². The minimum atomic E-state index is -4.07. The van der Waals surface area contributed by atoms with Crippen LogP contribution in [0.4, 0.5) is 0 Å². The van der Waals surface area contributed by atoms with Crippen LogP contribution >= 0.6 is 11.8 Å². The molecule has 1 aromatic heterocycles. The molecule has 164 valence electrons. The molecule has 10 heteroatoms. The van der Waals surface area contributed by atoms with Gasteiger partial charge in [0.2, 0.25) is 10.0 Å². The van der Waals surface area contributed by atoms with Crippen LogP contribution in [0.15, 0.2) is 45.7 Å². The zero-order valence-electron chi connectivity index (χ0n) is 17.1. The van der Waals surface area contributed by atoms with Crippen molar-refractivity contribution in [2.24, 2.45) is 0 Å². The molecule has 31 heavy (non-hydrogen) atoms. The fourth-order valence-corrected chi connectivity index (χ4v) is 7.05. The van der Waals surface area contributed by atoms with Crippen molar-refractivity contribution in [2.45, 2.75) is 29.5 Å². The highest BCUT2D eigenvalue weighted by atomic mass is 32.2. The minimum absolute atomic E-state index is 0.00584. The Bertz CT molecular complexity index is 1310. The van der Waals surface area contributed by atoms with Crippen molar-refractivity contribution in [1.82, 2.24) is 4.31 Å². The Morgan fingerprint density at radius 3 is 2.58 bits per heavy atom. The quantitative estimate of drug-likeness (QED) is 0.586. The number of nitrogens with zero attached hydrogens (tertiary/aromatic N) is 1. The maximum absolute atomic E-state index is 13.4. The highest BCUT2D eigenvalue weighted by molar-refractivity contribution is 8.00. The molecule has 1 N–H and O–H groups in total. The second-order valence-corrected chi connectivity index (χ2v) is 11.4. The van der Waals surface area contributed by atoms with Gasteiger partial charge in [0, 0.05) is 27.8 Å². The number of benzene rings is 2. The van der Waals surface area contributed by atoms with Gasteiger partial charge in [0.05, 0.1) is 17.6 Å². The van der Waals surface area contributed by atoms with Gasteiger partial charge >= 0.3 is 11.9 Å². The van der Waals surface area contributed by atoms with Crippen molar-refractivity contribution in [1.29, 1.82) is 0 Å². The van der Waals surface area contributed by atoms with Crippen molar-refractivity contribution < 1.29 is 32.3 Å². The largest absolute Gasteiger partial charge is 0.480 e. The molecule has 0 unspecified atom stereocenters. The first-order chi connectivity index (χ1) is 14.6. The number of methoxy groups -OCH3 is 1. The molecule has 1 aliphatic rings. The average Bonchev–Trinajstić information content (AvgIpc) is 3.08. The van der Waals surface area contributed by atoms with Crippen molar-refractivity contribution in [3.63, 3.8) is 0 Å². The molecule has 1 fully saturated rings. The summed E-state index contributed by atoms with van der Waals surface area (Å²) in [6, 6.07) is 8.05. The standard InChI is InChI=1S/C21H21NO7S2/c1-21(2)18(19(23)24)22(8-9-30-21)31(26,27)13-5-7-16-15(11-13)14-6-4-12(20(25)28-3)10-17(14)29-16/h4-7,10-11,18H,8-9H2,1-3H3,(H,23,24)/t18-/m0/s1. The monoisotopic (exact) mass is 463 g/mol. The van der Waals surface area contributed by atoms with Crippen molar-refractivity contribution in [3.05, 3.63) is 42.0 Å². The molecule has 0 bridgehead atoms. The highest BCUT2D eigenvalue weighted by Crippen LogP contribution is 2.39. The van der Waals surface area contributed by atoms with Crippen LogP contribution in [0.1, 0.15) is 24.2 Å². The van der Waals surface area contributed by atoms with Crippen LogP contribution in [-0.4, -0.2) is 60.0 Å². The first-order valence-corrected chi connectivity index (χ1v) is 11.9. The van der Waals surface area contributed by atoms with Crippen LogP contribution in [0.5, 0.6) is 0 Å². The summed E-state index contributed by atoms with van der Waals surface area (Å²) in [4.78, 5) is 23.7. The van der Waals surface area contributed by atoms with Crippen LogP contribution < -0.4 is 0 Å². The van der Waals surface area contributed by atoms with Crippen LogP contribution in [0.25, 0.3) is 21.9 Å². The molecule has 1 saturated heterocycles. The summed E-state index contributed by atoms with van der Waals surface area (Å²) in [6.45, 7) is 3.59. The third-order valence-corrected chi connectivity index (χ3v) is 8.65. The van der Waals surface area contributed by atoms with Gasteiger partial charge in [-0.2, -0.15) is 16.1 Å². The van der Waals surface area contributed by atoms with Gasteiger partial charge in [-0.05, 0) is 50.2 Å². The van der Waals surface area contributed by atoms with E-state index < -0.39 is 32.8 Å². The normalized spacial score (nSPS) is 19.5. The molecule has 1 aliphatic heterocycles. The molecule has 2 aromatic carbocycles. The summed E-state index contributed by atoms with van der Waals surface area (Å²) in [7, 11) is -2.78. The lowest BCUT2D eigenvalue weighted by Crippen LogP contribution is -2.58. The third kappa shape index (κ3) is 3.58. The van der Waals surface area contributed by atoms with E-state index >= 15 is 0 Å². The molecule has 4 rings (SSSR count). The number of fused-ring (bicyclic) bond motifs is 3. The molecule has 0 amide bonds. The Balaban J connectivity index is 1.82. The van der Waals surface area contributed by atoms with Crippen LogP contribution in [0.3, 0.4) is 0 Å². The van der Waals surface area contributed by atoms with Gasteiger partial charge in [-0.1, -0.05) is 0 Å². The Kier molecular flexibility index (Phi) is 5.27. The molecule has 2 heterocycles. The van der Waals surface area contributed by atoms with E-state index in [-0.39, 0.29) is 11.4 Å². The lowest BCUT2D eigenvalue weighted by molar-refractivity contribution is -0.142. The summed E-state index contributed by atoms with van der Waals surface area (Å²) < 4.78 is 37.7. The van der Waals surface area contributed by atoms with Gasteiger partial charge in [-0.15, -0.1) is 0 Å². The van der Waals surface area contributed by atoms with E-state index in [1.807, 2.05) is 0 Å². The van der Waals surface area contributed by atoms with Gasteiger partial charge in [0.15, 0.2) is 0 Å². The van der Waals surface area contributed by atoms with E-state index in [9.17, 15) is 23.1 Å². The predicted molar refractivity (Wildman–Crippen MR) is 117 cm³/mol. The number of furan rings is 1. The van der Waals surface area contributed by atoms with Gasteiger partial charge < -0.3 is 14.3 Å². The molecule has 0 aliphatic carbocycles. The average molecular weight is 464 g/mol. The topological polar surface area (TPSA) is 114 Å². The van der Waals surface area contributed by atoms with E-state index in [1.165, 1.54) is 31.0 Å². The molecule has 0 saturated carbocycles. The number of rotatable bonds is 4. The highest BCUT2D eigenvalue weighted by Gasteiger charge is 2.48. The Morgan fingerprint density at radius 2 is 1.90 bits per heavy atom. The van der Waals surface area contributed by atoms with Crippen LogP contribution in [-0.2, 0) is 19.6 Å². The number of esters is 1. The van der Waals surface area contributed by atoms with E-state index in [0.717, 1.165) is 4.31 Å². The maximum atomic E-state index is 13.4.